The SMILES string of the molecule is C=CCN(C(=O)NCC(CC)C(=O)O)C(C)C. The summed E-state index contributed by atoms with van der Waals surface area (Å²) in [6, 6.07) is -0.197. The fourth-order valence-corrected chi connectivity index (χ4v) is 1.39. The Morgan fingerprint density at radius 2 is 2.06 bits per heavy atom. The van der Waals surface area contributed by atoms with Crippen LogP contribution in [0.3, 0.4) is 0 Å². The monoisotopic (exact) mass is 242 g/mol. The fraction of sp³-hybridized carbons (Fsp3) is 0.667. The summed E-state index contributed by atoms with van der Waals surface area (Å²) in [7, 11) is 0. The third-order valence-electron chi connectivity index (χ3n) is 2.55. The van der Waals surface area contributed by atoms with Crippen molar-refractivity contribution in [2.75, 3.05) is 13.1 Å². The highest BCUT2D eigenvalue weighted by molar-refractivity contribution is 5.76. The van der Waals surface area contributed by atoms with E-state index in [0.29, 0.717) is 13.0 Å². The lowest BCUT2D eigenvalue weighted by Crippen LogP contribution is -2.46. The number of amides is 2. The van der Waals surface area contributed by atoms with Crippen molar-refractivity contribution in [2.45, 2.75) is 33.2 Å². The maximum Gasteiger partial charge on any atom is 0.317 e. The van der Waals surface area contributed by atoms with Gasteiger partial charge in [-0.15, -0.1) is 6.58 Å². The maximum atomic E-state index is 11.8. The van der Waals surface area contributed by atoms with Gasteiger partial charge in [0.1, 0.15) is 0 Å². The molecule has 1 atom stereocenters. The Morgan fingerprint density at radius 3 is 2.41 bits per heavy atom. The van der Waals surface area contributed by atoms with E-state index >= 15 is 0 Å². The molecule has 0 saturated carbocycles. The van der Waals surface area contributed by atoms with Crippen molar-refractivity contribution < 1.29 is 14.7 Å². The number of hydrogen-bond acceptors (Lipinski definition) is 2. The number of nitrogens with zero attached hydrogens (tertiary/aromatic N) is 1. The van der Waals surface area contributed by atoms with Crippen LogP contribution in [0.1, 0.15) is 27.2 Å². The van der Waals surface area contributed by atoms with Crippen LogP contribution >= 0.6 is 0 Å². The van der Waals surface area contributed by atoms with E-state index in [1.54, 1.807) is 17.9 Å². The smallest absolute Gasteiger partial charge is 0.317 e. The molecule has 2 amide bonds. The van der Waals surface area contributed by atoms with E-state index in [1.165, 1.54) is 0 Å². The highest BCUT2D eigenvalue weighted by Crippen LogP contribution is 2.03. The van der Waals surface area contributed by atoms with Gasteiger partial charge < -0.3 is 15.3 Å². The minimum absolute atomic E-state index is 0.0536. The van der Waals surface area contributed by atoms with E-state index in [1.807, 2.05) is 13.8 Å². The van der Waals surface area contributed by atoms with E-state index in [2.05, 4.69) is 11.9 Å². The molecule has 0 aromatic heterocycles. The molecule has 0 fully saturated rings. The summed E-state index contributed by atoms with van der Waals surface area (Å²) in [5.74, 6) is -1.41. The Hall–Kier alpha value is -1.52. The summed E-state index contributed by atoms with van der Waals surface area (Å²) < 4.78 is 0. The maximum absolute atomic E-state index is 11.8. The molecule has 98 valence electrons. The van der Waals surface area contributed by atoms with Crippen LogP contribution in [0.25, 0.3) is 0 Å². The third kappa shape index (κ3) is 5.38. The van der Waals surface area contributed by atoms with Crippen molar-refractivity contribution in [1.29, 1.82) is 0 Å². The summed E-state index contributed by atoms with van der Waals surface area (Å²) in [4.78, 5) is 24.2. The van der Waals surface area contributed by atoms with Gasteiger partial charge in [0.2, 0.25) is 0 Å². The summed E-state index contributed by atoms with van der Waals surface area (Å²) in [6.45, 7) is 9.79. The number of carbonyl (C=O) groups excluding carboxylic acids is 1. The van der Waals surface area contributed by atoms with E-state index in [0.717, 1.165) is 0 Å². The van der Waals surface area contributed by atoms with Gasteiger partial charge in [0.05, 0.1) is 5.92 Å². The number of urea groups is 1. The third-order valence-corrected chi connectivity index (χ3v) is 2.55. The molecule has 0 saturated heterocycles. The first-order valence-electron chi connectivity index (χ1n) is 5.82. The zero-order valence-corrected chi connectivity index (χ0v) is 10.8. The minimum atomic E-state index is -0.882. The van der Waals surface area contributed by atoms with Crippen molar-refractivity contribution >= 4 is 12.0 Å². The lowest BCUT2D eigenvalue weighted by molar-refractivity contribution is -0.141. The molecule has 0 rings (SSSR count). The molecule has 0 aromatic carbocycles. The van der Waals surface area contributed by atoms with Gasteiger partial charge in [-0.05, 0) is 20.3 Å². The second-order valence-corrected chi connectivity index (χ2v) is 4.16. The number of aliphatic carboxylic acids is 1. The van der Waals surface area contributed by atoms with Crippen LogP contribution in [-0.4, -0.2) is 41.1 Å². The number of rotatable bonds is 7. The van der Waals surface area contributed by atoms with E-state index in [4.69, 9.17) is 5.11 Å². The van der Waals surface area contributed by atoms with Crippen LogP contribution in [0.4, 0.5) is 4.79 Å². The normalized spacial score (nSPS) is 12.0. The van der Waals surface area contributed by atoms with Gasteiger partial charge in [-0.25, -0.2) is 4.79 Å². The minimum Gasteiger partial charge on any atom is -0.481 e. The van der Waals surface area contributed by atoms with Gasteiger partial charge in [0.25, 0.3) is 0 Å². The summed E-state index contributed by atoms with van der Waals surface area (Å²) >= 11 is 0. The molecule has 17 heavy (non-hydrogen) atoms. The molecule has 0 aromatic rings. The average molecular weight is 242 g/mol. The van der Waals surface area contributed by atoms with Crippen LogP contribution in [0.5, 0.6) is 0 Å². The first-order valence-corrected chi connectivity index (χ1v) is 5.82. The standard InChI is InChI=1S/C12H22N2O3/c1-5-7-14(9(3)4)12(17)13-8-10(6-2)11(15)16/h5,9-10H,1,6-8H2,2-4H3,(H,13,17)(H,15,16). The molecule has 0 aliphatic heterocycles. The van der Waals surface area contributed by atoms with Crippen LogP contribution < -0.4 is 5.32 Å². The molecule has 0 bridgehead atoms. The zero-order valence-electron chi connectivity index (χ0n) is 10.8. The van der Waals surface area contributed by atoms with Crippen molar-refractivity contribution in [1.82, 2.24) is 10.2 Å². The molecule has 0 radical (unpaired) electrons. The Bertz CT molecular complexity index is 277. The Morgan fingerprint density at radius 1 is 1.47 bits per heavy atom. The molecule has 0 spiro atoms. The zero-order chi connectivity index (χ0) is 13.4. The molecular weight excluding hydrogens is 220 g/mol. The molecule has 1 unspecified atom stereocenters. The number of carboxylic acids is 1. The summed E-state index contributed by atoms with van der Waals surface area (Å²) in [5, 5.41) is 11.5. The first kappa shape index (κ1) is 15.5. The van der Waals surface area contributed by atoms with Crippen LogP contribution in [-0.2, 0) is 4.79 Å². The van der Waals surface area contributed by atoms with Crippen LogP contribution in [0, 0.1) is 5.92 Å². The highest BCUT2D eigenvalue weighted by atomic mass is 16.4. The highest BCUT2D eigenvalue weighted by Gasteiger charge is 2.19. The molecule has 5 nitrogen and oxygen atoms in total. The summed E-state index contributed by atoms with van der Waals surface area (Å²) in [6.07, 6.45) is 2.15. The fourth-order valence-electron chi connectivity index (χ4n) is 1.39. The van der Waals surface area contributed by atoms with Crippen LogP contribution in [0.2, 0.25) is 0 Å². The predicted octanol–water partition coefficient (Wildman–Crippen LogP) is 1.70. The predicted molar refractivity (Wildman–Crippen MR) is 66.9 cm³/mol. The van der Waals surface area contributed by atoms with E-state index in [-0.39, 0.29) is 18.6 Å². The number of carbonyl (C=O) groups is 2. The summed E-state index contributed by atoms with van der Waals surface area (Å²) in [5.41, 5.74) is 0. The number of hydrogen-bond donors (Lipinski definition) is 2. The first-order chi connectivity index (χ1) is 7.93. The Labute approximate surface area is 102 Å². The van der Waals surface area contributed by atoms with Gasteiger partial charge in [-0.2, -0.15) is 0 Å². The van der Waals surface area contributed by atoms with Crippen molar-refractivity contribution in [3.05, 3.63) is 12.7 Å². The average Bonchev–Trinajstić information content (AvgIpc) is 2.25. The lowest BCUT2D eigenvalue weighted by Gasteiger charge is -2.26. The van der Waals surface area contributed by atoms with E-state index in [9.17, 15) is 9.59 Å². The van der Waals surface area contributed by atoms with Gasteiger partial charge in [-0.3, -0.25) is 4.79 Å². The van der Waals surface area contributed by atoms with Crippen molar-refractivity contribution in [3.63, 3.8) is 0 Å². The molecule has 2 N–H and O–H groups in total. The van der Waals surface area contributed by atoms with Gasteiger partial charge in [-0.1, -0.05) is 13.0 Å². The largest absolute Gasteiger partial charge is 0.481 e. The van der Waals surface area contributed by atoms with Crippen molar-refractivity contribution in [3.8, 4) is 0 Å². The number of carboxylic acid groups (broad SMARTS) is 1. The molecular formula is C12H22N2O3. The topological polar surface area (TPSA) is 69.6 Å². The van der Waals surface area contributed by atoms with E-state index < -0.39 is 11.9 Å². The Balaban J connectivity index is 4.31. The molecule has 0 aliphatic carbocycles. The van der Waals surface area contributed by atoms with Gasteiger partial charge in [0, 0.05) is 19.1 Å². The molecule has 0 aliphatic rings. The molecule has 5 heteroatoms. The van der Waals surface area contributed by atoms with Gasteiger partial charge in [0.15, 0.2) is 0 Å². The Kier molecular flexibility index (Phi) is 7.02. The lowest BCUT2D eigenvalue weighted by atomic mass is 10.1. The number of nitrogens with one attached hydrogen (secondary N) is 1. The van der Waals surface area contributed by atoms with Gasteiger partial charge >= 0.3 is 12.0 Å². The second-order valence-electron chi connectivity index (χ2n) is 4.16. The quantitative estimate of drug-likeness (QED) is 0.668. The second kappa shape index (κ2) is 7.70. The van der Waals surface area contributed by atoms with Crippen molar-refractivity contribution in [2.24, 2.45) is 5.92 Å². The van der Waals surface area contributed by atoms with Crippen LogP contribution in [0.15, 0.2) is 12.7 Å². The molecule has 0 heterocycles.